The third-order valence-corrected chi connectivity index (χ3v) is 5.44. The molecule has 29 heavy (non-hydrogen) atoms. The molecule has 2 aliphatic heterocycles. The summed E-state index contributed by atoms with van der Waals surface area (Å²) >= 11 is 0. The van der Waals surface area contributed by atoms with Gasteiger partial charge < -0.3 is 15.0 Å². The lowest BCUT2D eigenvalue weighted by Gasteiger charge is -2.27. The second kappa shape index (κ2) is 7.09. The summed E-state index contributed by atoms with van der Waals surface area (Å²) in [5.74, 6) is 0.928. The van der Waals surface area contributed by atoms with Gasteiger partial charge in [0.05, 0.1) is 5.92 Å². The number of benzene rings is 3. The minimum absolute atomic E-state index is 0.126. The van der Waals surface area contributed by atoms with E-state index in [1.54, 1.807) is 4.90 Å². The Hall–Kier alpha value is -3.60. The normalized spacial score (nSPS) is 15.4. The van der Waals surface area contributed by atoms with Gasteiger partial charge in [0.25, 0.3) is 0 Å². The molecule has 2 aliphatic rings. The van der Waals surface area contributed by atoms with Crippen molar-refractivity contribution in [1.82, 2.24) is 0 Å². The zero-order valence-electron chi connectivity index (χ0n) is 15.8. The second-order valence-electron chi connectivity index (χ2n) is 7.30. The first-order chi connectivity index (χ1) is 14.2. The first-order valence-electron chi connectivity index (χ1n) is 9.78. The quantitative estimate of drug-likeness (QED) is 0.713. The summed E-state index contributed by atoms with van der Waals surface area (Å²) in [7, 11) is 0. The molecule has 0 bridgehead atoms. The molecule has 0 saturated carbocycles. The summed E-state index contributed by atoms with van der Waals surface area (Å²) in [6.45, 7) is 0.719. The Balaban J connectivity index is 1.47. The van der Waals surface area contributed by atoms with Gasteiger partial charge in [0.2, 0.25) is 11.8 Å². The lowest BCUT2D eigenvalue weighted by molar-refractivity contribution is -0.117. The van der Waals surface area contributed by atoms with E-state index in [-0.39, 0.29) is 11.8 Å². The maximum Gasteiger partial charge on any atom is 0.236 e. The van der Waals surface area contributed by atoms with Crippen molar-refractivity contribution in [1.29, 1.82) is 0 Å². The fraction of sp³-hybridized carbons (Fsp3) is 0.167. The number of hydrogen-bond donors (Lipinski definition) is 1. The van der Waals surface area contributed by atoms with Crippen molar-refractivity contribution in [3.63, 3.8) is 0 Å². The van der Waals surface area contributed by atoms with Crippen LogP contribution in [-0.2, 0) is 9.59 Å². The van der Waals surface area contributed by atoms with Gasteiger partial charge in [0.15, 0.2) is 0 Å². The number of ether oxygens (including phenoxy) is 1. The van der Waals surface area contributed by atoms with Crippen molar-refractivity contribution >= 4 is 23.2 Å². The summed E-state index contributed by atoms with van der Waals surface area (Å²) in [5, 5.41) is 3.04. The number of carbonyl (C=O) groups excluding carboxylic acids is 2. The Morgan fingerprint density at radius 3 is 2.28 bits per heavy atom. The Morgan fingerprint density at radius 2 is 1.62 bits per heavy atom. The zero-order chi connectivity index (χ0) is 19.8. The first kappa shape index (κ1) is 17.5. The van der Waals surface area contributed by atoms with Gasteiger partial charge in [0, 0.05) is 35.5 Å². The Labute approximate surface area is 168 Å². The molecule has 1 fully saturated rings. The van der Waals surface area contributed by atoms with Gasteiger partial charge in [-0.3, -0.25) is 9.59 Å². The number of fused-ring (bicyclic) bond motifs is 2. The molecule has 0 unspecified atom stereocenters. The highest BCUT2D eigenvalue weighted by atomic mass is 16.5. The molecular weight excluding hydrogens is 364 g/mol. The highest BCUT2D eigenvalue weighted by Crippen LogP contribution is 2.44. The third kappa shape index (κ3) is 3.14. The van der Waals surface area contributed by atoms with Crippen LogP contribution in [0.3, 0.4) is 0 Å². The van der Waals surface area contributed by atoms with Gasteiger partial charge in [-0.2, -0.15) is 0 Å². The smallest absolute Gasteiger partial charge is 0.236 e. The number of para-hydroxylation sites is 2. The molecule has 3 aromatic rings. The van der Waals surface area contributed by atoms with E-state index in [0.717, 1.165) is 29.8 Å². The van der Waals surface area contributed by atoms with E-state index in [1.807, 2.05) is 72.8 Å². The van der Waals surface area contributed by atoms with E-state index in [4.69, 9.17) is 4.74 Å². The zero-order valence-corrected chi connectivity index (χ0v) is 15.8. The topological polar surface area (TPSA) is 58.6 Å². The largest absolute Gasteiger partial charge is 0.457 e. The molecule has 0 atom stereocenters. The monoisotopic (exact) mass is 384 g/mol. The maximum absolute atomic E-state index is 13.3. The Morgan fingerprint density at radius 1 is 0.931 bits per heavy atom. The Kier molecular flexibility index (Phi) is 4.28. The molecule has 2 amide bonds. The molecule has 3 aromatic carbocycles. The third-order valence-electron chi connectivity index (χ3n) is 5.44. The number of nitrogens with zero attached hydrogens (tertiary/aromatic N) is 1. The highest BCUT2D eigenvalue weighted by Gasteiger charge is 2.32. The summed E-state index contributed by atoms with van der Waals surface area (Å²) in [5.41, 5.74) is 3.18. The van der Waals surface area contributed by atoms with E-state index in [2.05, 4.69) is 5.32 Å². The maximum atomic E-state index is 13.3. The van der Waals surface area contributed by atoms with Gasteiger partial charge >= 0.3 is 0 Å². The van der Waals surface area contributed by atoms with Crippen molar-refractivity contribution in [2.24, 2.45) is 0 Å². The van der Waals surface area contributed by atoms with Crippen molar-refractivity contribution in [3.05, 3.63) is 83.9 Å². The van der Waals surface area contributed by atoms with Crippen molar-refractivity contribution in [3.8, 4) is 11.5 Å². The van der Waals surface area contributed by atoms with Gasteiger partial charge in [-0.05, 0) is 36.8 Å². The lowest BCUT2D eigenvalue weighted by Crippen LogP contribution is -2.26. The van der Waals surface area contributed by atoms with Crippen LogP contribution in [0.4, 0.5) is 11.4 Å². The van der Waals surface area contributed by atoms with Crippen LogP contribution in [0.5, 0.6) is 11.5 Å². The molecule has 0 aromatic heterocycles. The molecule has 0 radical (unpaired) electrons. The number of amides is 2. The van der Waals surface area contributed by atoms with Gasteiger partial charge in [-0.1, -0.05) is 42.5 Å². The van der Waals surface area contributed by atoms with Gasteiger partial charge in [0.1, 0.15) is 11.5 Å². The number of nitrogens with one attached hydrogen (secondary N) is 1. The van der Waals surface area contributed by atoms with Crippen molar-refractivity contribution in [2.75, 3.05) is 16.8 Å². The molecule has 5 nitrogen and oxygen atoms in total. The van der Waals surface area contributed by atoms with Crippen LogP contribution in [0.2, 0.25) is 0 Å². The van der Waals surface area contributed by atoms with Crippen LogP contribution in [-0.4, -0.2) is 18.4 Å². The number of rotatable bonds is 3. The molecule has 1 saturated heterocycles. The predicted octanol–water partition coefficient (Wildman–Crippen LogP) is 4.69. The van der Waals surface area contributed by atoms with E-state index in [1.165, 1.54) is 0 Å². The van der Waals surface area contributed by atoms with Crippen LogP contribution in [0, 0.1) is 0 Å². The molecule has 2 heterocycles. The summed E-state index contributed by atoms with van der Waals surface area (Å²) < 4.78 is 5.98. The standard InChI is InChI=1S/C24H20N2O3/c27-22-13-6-14-26(22)17-8-5-7-16(15-17)25-24(28)23-18-9-1-3-11-20(18)29-21-12-4-2-10-19(21)23/h1-5,7-12,15,23H,6,13-14H2,(H,25,28). The molecule has 5 heteroatoms. The Bertz CT molecular complexity index is 1060. The highest BCUT2D eigenvalue weighted by molar-refractivity contribution is 6.01. The summed E-state index contributed by atoms with van der Waals surface area (Å²) in [4.78, 5) is 27.2. The average Bonchev–Trinajstić information content (AvgIpc) is 3.18. The first-order valence-corrected chi connectivity index (χ1v) is 9.78. The van der Waals surface area contributed by atoms with E-state index < -0.39 is 5.92 Å². The van der Waals surface area contributed by atoms with Crippen molar-refractivity contribution in [2.45, 2.75) is 18.8 Å². The lowest BCUT2D eigenvalue weighted by atomic mass is 9.87. The van der Waals surface area contributed by atoms with Crippen LogP contribution < -0.4 is 15.0 Å². The number of hydrogen-bond acceptors (Lipinski definition) is 3. The summed E-state index contributed by atoms with van der Waals surface area (Å²) in [6.07, 6.45) is 1.44. The number of anilines is 2. The van der Waals surface area contributed by atoms with Gasteiger partial charge in [-0.15, -0.1) is 0 Å². The number of carbonyl (C=O) groups is 2. The molecular formula is C24H20N2O3. The summed E-state index contributed by atoms with van der Waals surface area (Å²) in [6, 6.07) is 22.7. The van der Waals surface area contributed by atoms with Crippen molar-refractivity contribution < 1.29 is 14.3 Å². The minimum atomic E-state index is -0.465. The SMILES string of the molecule is O=C(Nc1cccc(N2CCCC2=O)c1)C1c2ccccc2Oc2ccccc21. The van der Waals surface area contributed by atoms with E-state index in [9.17, 15) is 9.59 Å². The molecule has 0 spiro atoms. The van der Waals surface area contributed by atoms with Crippen LogP contribution in [0.15, 0.2) is 72.8 Å². The molecule has 1 N–H and O–H groups in total. The fourth-order valence-electron chi connectivity index (χ4n) is 4.08. The van der Waals surface area contributed by atoms with Crippen LogP contribution >= 0.6 is 0 Å². The van der Waals surface area contributed by atoms with E-state index >= 15 is 0 Å². The average molecular weight is 384 g/mol. The van der Waals surface area contributed by atoms with Crippen LogP contribution in [0.25, 0.3) is 0 Å². The minimum Gasteiger partial charge on any atom is -0.457 e. The fourth-order valence-corrected chi connectivity index (χ4v) is 4.08. The van der Waals surface area contributed by atoms with Gasteiger partial charge in [-0.25, -0.2) is 0 Å². The van der Waals surface area contributed by atoms with E-state index in [0.29, 0.717) is 23.6 Å². The molecule has 144 valence electrons. The molecule has 0 aliphatic carbocycles. The van der Waals surface area contributed by atoms with Crippen LogP contribution in [0.1, 0.15) is 29.9 Å². The predicted molar refractivity (Wildman–Crippen MR) is 111 cm³/mol. The second-order valence-corrected chi connectivity index (χ2v) is 7.30. The molecule has 5 rings (SSSR count).